The third-order valence-corrected chi connectivity index (χ3v) is 5.09. The molecule has 0 atom stereocenters. The number of halogens is 3. The summed E-state index contributed by atoms with van der Waals surface area (Å²) in [5.74, 6) is 0. The fraction of sp³-hybridized carbons (Fsp3) is 0.125. The number of fused-ring (bicyclic) bond motifs is 1. The van der Waals surface area contributed by atoms with E-state index < -0.39 is 11.7 Å². The van der Waals surface area contributed by atoms with Crippen LogP contribution >= 0.6 is 0 Å². The van der Waals surface area contributed by atoms with Gasteiger partial charge < -0.3 is 4.57 Å². The van der Waals surface area contributed by atoms with Crippen molar-refractivity contribution in [2.75, 3.05) is 5.43 Å². The van der Waals surface area contributed by atoms with Gasteiger partial charge in [-0.05, 0) is 55.6 Å². The van der Waals surface area contributed by atoms with E-state index in [1.165, 1.54) is 17.5 Å². The van der Waals surface area contributed by atoms with Gasteiger partial charge in [0.2, 0.25) is 0 Å². The summed E-state index contributed by atoms with van der Waals surface area (Å²) in [6.07, 6.45) is -2.66. The first-order chi connectivity index (χ1) is 14.3. The summed E-state index contributed by atoms with van der Waals surface area (Å²) < 4.78 is 40.2. The quantitative estimate of drug-likeness (QED) is 0.296. The van der Waals surface area contributed by atoms with Gasteiger partial charge in [0, 0.05) is 22.3 Å². The van der Waals surface area contributed by atoms with Crippen molar-refractivity contribution in [1.29, 1.82) is 0 Å². The normalized spacial score (nSPS) is 12.0. The smallest absolute Gasteiger partial charge is 0.317 e. The molecule has 1 heterocycles. The summed E-state index contributed by atoms with van der Waals surface area (Å²) in [6, 6.07) is 21.3. The molecule has 0 aliphatic heterocycles. The molecule has 0 aliphatic carbocycles. The van der Waals surface area contributed by atoms with Crippen molar-refractivity contribution in [1.82, 2.24) is 4.57 Å². The van der Waals surface area contributed by atoms with Gasteiger partial charge in [-0.3, -0.25) is 5.43 Å². The Morgan fingerprint density at radius 2 is 1.60 bits per heavy atom. The zero-order valence-corrected chi connectivity index (χ0v) is 16.5. The van der Waals surface area contributed by atoms with E-state index in [-0.39, 0.29) is 0 Å². The Labute approximate surface area is 172 Å². The maximum Gasteiger partial charge on any atom is 0.416 e. The van der Waals surface area contributed by atoms with E-state index in [0.717, 1.165) is 40.2 Å². The van der Waals surface area contributed by atoms with Gasteiger partial charge in [-0.25, -0.2) is 0 Å². The average molecular weight is 407 g/mol. The van der Waals surface area contributed by atoms with E-state index >= 15 is 0 Å². The lowest BCUT2D eigenvalue weighted by Gasteiger charge is -2.13. The summed E-state index contributed by atoms with van der Waals surface area (Å²) in [5.41, 5.74) is 6.72. The molecule has 30 heavy (non-hydrogen) atoms. The molecule has 152 valence electrons. The van der Waals surface area contributed by atoms with Crippen LogP contribution in [0.4, 0.5) is 18.9 Å². The van der Waals surface area contributed by atoms with Crippen LogP contribution in [-0.2, 0) is 6.18 Å². The summed E-state index contributed by atoms with van der Waals surface area (Å²) in [5, 5.41) is 6.53. The average Bonchev–Trinajstić information content (AvgIpc) is 3.00. The van der Waals surface area contributed by atoms with E-state index in [1.54, 1.807) is 6.21 Å². The molecule has 3 aromatic carbocycles. The van der Waals surface area contributed by atoms with Crippen LogP contribution in [0.1, 0.15) is 22.5 Å². The summed E-state index contributed by atoms with van der Waals surface area (Å²) in [6.45, 7) is 4.06. The molecule has 3 nitrogen and oxygen atoms in total. The van der Waals surface area contributed by atoms with Gasteiger partial charge in [0.15, 0.2) is 0 Å². The molecule has 4 rings (SSSR count). The van der Waals surface area contributed by atoms with E-state index in [9.17, 15) is 13.2 Å². The van der Waals surface area contributed by atoms with Gasteiger partial charge in [0.05, 0.1) is 23.2 Å². The minimum absolute atomic E-state index is 0.488. The minimum atomic E-state index is -4.35. The van der Waals surface area contributed by atoms with Crippen LogP contribution < -0.4 is 5.43 Å². The molecule has 0 bridgehead atoms. The number of benzene rings is 3. The number of anilines is 1. The summed E-state index contributed by atoms with van der Waals surface area (Å²) in [7, 11) is 0. The lowest BCUT2D eigenvalue weighted by Crippen LogP contribution is -2.04. The van der Waals surface area contributed by atoms with Crippen LogP contribution in [0.2, 0.25) is 0 Å². The molecule has 0 fully saturated rings. The van der Waals surface area contributed by atoms with Crippen molar-refractivity contribution in [3.05, 3.63) is 95.3 Å². The highest BCUT2D eigenvalue weighted by Gasteiger charge is 2.29. The Morgan fingerprint density at radius 3 is 2.33 bits per heavy atom. The minimum Gasteiger partial charge on any atom is -0.317 e. The number of alkyl halides is 3. The number of nitrogens with zero attached hydrogens (tertiary/aromatic N) is 2. The maximum atomic E-state index is 12.7. The predicted octanol–water partition coefficient (Wildman–Crippen LogP) is 6.71. The van der Waals surface area contributed by atoms with Crippen LogP contribution in [0.5, 0.6) is 0 Å². The number of nitrogens with one attached hydrogen (secondary N) is 1. The number of aromatic nitrogens is 1. The van der Waals surface area contributed by atoms with Crippen molar-refractivity contribution in [3.8, 4) is 5.69 Å². The number of rotatable bonds is 4. The zero-order valence-electron chi connectivity index (χ0n) is 16.5. The molecule has 4 aromatic rings. The van der Waals surface area contributed by atoms with Crippen LogP contribution in [0, 0.1) is 13.8 Å². The molecule has 0 unspecified atom stereocenters. The van der Waals surface area contributed by atoms with E-state index in [0.29, 0.717) is 5.69 Å². The molecule has 0 saturated carbocycles. The Hall–Kier alpha value is -3.54. The molecule has 1 N–H and O–H groups in total. The number of aryl methyl sites for hydroxylation is 1. The first kappa shape index (κ1) is 19.8. The van der Waals surface area contributed by atoms with Crippen LogP contribution in [0.15, 0.2) is 77.9 Å². The SMILES string of the molecule is Cc1cc(/C=N/Nc2ccc(C(F)(F)F)cc2)c(C)n1-c1cccc2ccccc12. The highest BCUT2D eigenvalue weighted by Crippen LogP contribution is 2.30. The second-order valence-corrected chi connectivity index (χ2v) is 7.11. The Bertz CT molecular complexity index is 1210. The van der Waals surface area contributed by atoms with Crippen LogP contribution in [0.3, 0.4) is 0 Å². The third kappa shape index (κ3) is 3.81. The molecular formula is C24H20F3N3. The monoisotopic (exact) mass is 407 g/mol. The molecule has 6 heteroatoms. The van der Waals surface area contributed by atoms with Gasteiger partial charge in [-0.15, -0.1) is 0 Å². The molecule has 0 radical (unpaired) electrons. The number of hydrogen-bond donors (Lipinski definition) is 1. The van der Waals surface area contributed by atoms with Gasteiger partial charge >= 0.3 is 6.18 Å². The number of hydrazone groups is 1. The zero-order chi connectivity index (χ0) is 21.3. The van der Waals surface area contributed by atoms with Crippen molar-refractivity contribution in [2.24, 2.45) is 5.10 Å². The molecule has 0 amide bonds. The van der Waals surface area contributed by atoms with E-state index in [1.807, 2.05) is 38.1 Å². The molecule has 1 aromatic heterocycles. The third-order valence-electron chi connectivity index (χ3n) is 5.09. The topological polar surface area (TPSA) is 29.3 Å². The van der Waals surface area contributed by atoms with Crippen molar-refractivity contribution >= 4 is 22.7 Å². The van der Waals surface area contributed by atoms with Gasteiger partial charge in [0.25, 0.3) is 0 Å². The largest absolute Gasteiger partial charge is 0.416 e. The lowest BCUT2D eigenvalue weighted by atomic mass is 10.1. The lowest BCUT2D eigenvalue weighted by molar-refractivity contribution is -0.137. The van der Waals surface area contributed by atoms with Gasteiger partial charge in [-0.2, -0.15) is 18.3 Å². The van der Waals surface area contributed by atoms with Crippen molar-refractivity contribution in [3.63, 3.8) is 0 Å². The van der Waals surface area contributed by atoms with Crippen LogP contribution in [0.25, 0.3) is 16.5 Å². The summed E-state index contributed by atoms with van der Waals surface area (Å²) in [4.78, 5) is 0. The maximum absolute atomic E-state index is 12.7. The fourth-order valence-corrected chi connectivity index (χ4v) is 3.60. The van der Waals surface area contributed by atoms with Gasteiger partial charge in [0.1, 0.15) is 0 Å². The van der Waals surface area contributed by atoms with Crippen LogP contribution in [-0.4, -0.2) is 10.8 Å². The Kier molecular flexibility index (Phi) is 5.08. The van der Waals surface area contributed by atoms with Crippen molar-refractivity contribution < 1.29 is 13.2 Å². The summed E-state index contributed by atoms with van der Waals surface area (Å²) >= 11 is 0. The number of hydrogen-bond acceptors (Lipinski definition) is 2. The van der Waals surface area contributed by atoms with Crippen molar-refractivity contribution in [2.45, 2.75) is 20.0 Å². The Balaban J connectivity index is 1.60. The fourth-order valence-electron chi connectivity index (χ4n) is 3.60. The molecule has 0 aliphatic rings. The predicted molar refractivity (Wildman–Crippen MR) is 115 cm³/mol. The molecular weight excluding hydrogens is 387 g/mol. The Morgan fingerprint density at radius 1 is 0.900 bits per heavy atom. The second-order valence-electron chi connectivity index (χ2n) is 7.11. The highest BCUT2D eigenvalue weighted by atomic mass is 19.4. The molecule has 0 spiro atoms. The first-order valence-electron chi connectivity index (χ1n) is 9.48. The highest BCUT2D eigenvalue weighted by molar-refractivity contribution is 5.91. The first-order valence-corrected chi connectivity index (χ1v) is 9.48. The second kappa shape index (κ2) is 7.71. The van der Waals surface area contributed by atoms with E-state index in [2.05, 4.69) is 39.4 Å². The standard InChI is InChI=1S/C24H20F3N3/c1-16-14-19(15-28-29-21-12-10-20(11-13-21)24(25,26)27)17(2)30(16)23-9-5-7-18-6-3-4-8-22(18)23/h3-15,29H,1-2H3/b28-15+. The van der Waals surface area contributed by atoms with Gasteiger partial charge in [-0.1, -0.05) is 36.4 Å². The van der Waals surface area contributed by atoms with E-state index in [4.69, 9.17) is 0 Å². The molecule has 0 saturated heterocycles.